The molecule has 0 aliphatic heterocycles. The molecule has 0 aliphatic rings. The van der Waals surface area contributed by atoms with Crippen molar-refractivity contribution in [3.8, 4) is 0 Å². The van der Waals surface area contributed by atoms with Crippen LogP contribution in [0.1, 0.15) is 16.1 Å². The highest BCUT2D eigenvalue weighted by molar-refractivity contribution is 6.04. The van der Waals surface area contributed by atoms with Crippen LogP contribution in [0.3, 0.4) is 0 Å². The van der Waals surface area contributed by atoms with E-state index in [9.17, 15) is 9.18 Å². The number of hydrogen-bond acceptors (Lipinski definition) is 3. The minimum absolute atomic E-state index is 0.291. The number of benzene rings is 1. The number of carbonyl (C=O) groups excluding carboxylic acids is 1. The molecule has 1 amide bonds. The Morgan fingerprint density at radius 3 is 2.56 bits per heavy atom. The number of anilines is 2. The van der Waals surface area contributed by atoms with Gasteiger partial charge in [0, 0.05) is 16.9 Å². The Bertz CT molecular complexity index is 561. The van der Waals surface area contributed by atoms with Crippen molar-refractivity contribution in [1.82, 2.24) is 4.98 Å². The molecule has 0 saturated carbocycles. The maximum absolute atomic E-state index is 12.7. The molecule has 0 unspecified atom stereocenters. The summed E-state index contributed by atoms with van der Waals surface area (Å²) in [5.41, 5.74) is 7.18. The SMILES string of the molecule is Cc1cc(C(=O)Nc2ccc(F)cc2)cc(N)n1. The summed E-state index contributed by atoms with van der Waals surface area (Å²) in [5, 5.41) is 2.65. The highest BCUT2D eigenvalue weighted by Crippen LogP contribution is 2.12. The molecule has 0 spiro atoms. The Kier molecular flexibility index (Phi) is 3.23. The summed E-state index contributed by atoms with van der Waals surface area (Å²) >= 11 is 0. The fourth-order valence-corrected chi connectivity index (χ4v) is 1.56. The molecule has 3 N–H and O–H groups in total. The monoisotopic (exact) mass is 245 g/mol. The summed E-state index contributed by atoms with van der Waals surface area (Å²) in [6, 6.07) is 8.67. The van der Waals surface area contributed by atoms with E-state index >= 15 is 0 Å². The molecule has 0 saturated heterocycles. The number of amides is 1. The van der Waals surface area contributed by atoms with Crippen molar-refractivity contribution in [2.24, 2.45) is 0 Å². The maximum atomic E-state index is 12.7. The van der Waals surface area contributed by atoms with Crippen molar-refractivity contribution in [3.05, 3.63) is 53.5 Å². The highest BCUT2D eigenvalue weighted by atomic mass is 19.1. The maximum Gasteiger partial charge on any atom is 0.255 e. The van der Waals surface area contributed by atoms with Gasteiger partial charge in [-0.15, -0.1) is 0 Å². The fourth-order valence-electron chi connectivity index (χ4n) is 1.56. The lowest BCUT2D eigenvalue weighted by Crippen LogP contribution is -2.13. The average Bonchev–Trinajstić information content (AvgIpc) is 2.31. The van der Waals surface area contributed by atoms with Gasteiger partial charge in [-0.2, -0.15) is 0 Å². The predicted molar refractivity (Wildman–Crippen MR) is 67.7 cm³/mol. The largest absolute Gasteiger partial charge is 0.384 e. The van der Waals surface area contributed by atoms with E-state index in [4.69, 9.17) is 5.73 Å². The van der Waals surface area contributed by atoms with Crippen LogP contribution < -0.4 is 11.1 Å². The zero-order chi connectivity index (χ0) is 13.1. The third kappa shape index (κ3) is 2.82. The molecule has 5 heteroatoms. The van der Waals surface area contributed by atoms with Crippen LogP contribution >= 0.6 is 0 Å². The van der Waals surface area contributed by atoms with Crippen LogP contribution in [0.5, 0.6) is 0 Å². The molecular formula is C13H12FN3O. The summed E-state index contributed by atoms with van der Waals surface area (Å²) < 4.78 is 12.7. The van der Waals surface area contributed by atoms with E-state index in [1.165, 1.54) is 30.3 Å². The molecule has 1 aromatic heterocycles. The standard InChI is InChI=1S/C13H12FN3O/c1-8-6-9(7-12(15)16-8)13(18)17-11-4-2-10(14)3-5-11/h2-7H,1H3,(H2,15,16)(H,17,18). The first-order valence-electron chi connectivity index (χ1n) is 5.36. The lowest BCUT2D eigenvalue weighted by molar-refractivity contribution is 0.102. The van der Waals surface area contributed by atoms with E-state index in [0.29, 0.717) is 22.8 Å². The topological polar surface area (TPSA) is 68.0 Å². The second-order valence-corrected chi connectivity index (χ2v) is 3.88. The van der Waals surface area contributed by atoms with Gasteiger partial charge in [-0.3, -0.25) is 4.79 Å². The number of hydrogen-bond donors (Lipinski definition) is 2. The molecule has 0 fully saturated rings. The third-order valence-corrected chi connectivity index (χ3v) is 2.34. The van der Waals surface area contributed by atoms with Crippen LogP contribution in [0.15, 0.2) is 36.4 Å². The first-order chi connectivity index (χ1) is 8.54. The summed E-state index contributed by atoms with van der Waals surface area (Å²) in [4.78, 5) is 15.9. The van der Waals surface area contributed by atoms with Gasteiger partial charge in [0.1, 0.15) is 11.6 Å². The number of aromatic nitrogens is 1. The molecule has 92 valence electrons. The third-order valence-electron chi connectivity index (χ3n) is 2.34. The number of carbonyl (C=O) groups is 1. The molecule has 2 rings (SSSR count). The Morgan fingerprint density at radius 1 is 1.28 bits per heavy atom. The number of aryl methyl sites for hydroxylation is 1. The number of nitrogens with zero attached hydrogens (tertiary/aromatic N) is 1. The first kappa shape index (κ1) is 12.0. The summed E-state index contributed by atoms with van der Waals surface area (Å²) in [5.74, 6) is -0.366. The van der Waals surface area contributed by atoms with E-state index in [2.05, 4.69) is 10.3 Å². The van der Waals surface area contributed by atoms with E-state index in [1.54, 1.807) is 13.0 Å². The predicted octanol–water partition coefficient (Wildman–Crippen LogP) is 2.36. The van der Waals surface area contributed by atoms with Crippen LogP contribution in [-0.2, 0) is 0 Å². The average molecular weight is 245 g/mol. The molecule has 0 bridgehead atoms. The molecular weight excluding hydrogens is 233 g/mol. The second-order valence-electron chi connectivity index (χ2n) is 3.88. The molecule has 4 nitrogen and oxygen atoms in total. The van der Waals surface area contributed by atoms with Gasteiger partial charge >= 0.3 is 0 Å². The van der Waals surface area contributed by atoms with Crippen molar-refractivity contribution in [3.63, 3.8) is 0 Å². The fraction of sp³-hybridized carbons (Fsp3) is 0.0769. The summed E-state index contributed by atoms with van der Waals surface area (Å²) in [6.45, 7) is 1.75. The normalized spacial score (nSPS) is 10.1. The second kappa shape index (κ2) is 4.83. The number of halogens is 1. The Morgan fingerprint density at radius 2 is 1.94 bits per heavy atom. The van der Waals surface area contributed by atoms with Crippen LogP contribution in [0.4, 0.5) is 15.9 Å². The molecule has 1 heterocycles. The van der Waals surface area contributed by atoms with Crippen molar-refractivity contribution in [2.75, 3.05) is 11.1 Å². The van der Waals surface area contributed by atoms with Gasteiger partial charge in [-0.1, -0.05) is 0 Å². The van der Waals surface area contributed by atoms with Crippen LogP contribution in [0.2, 0.25) is 0 Å². The smallest absolute Gasteiger partial charge is 0.255 e. The van der Waals surface area contributed by atoms with Gasteiger partial charge in [0.05, 0.1) is 0 Å². The number of pyridine rings is 1. The first-order valence-corrected chi connectivity index (χ1v) is 5.36. The van der Waals surface area contributed by atoms with Gasteiger partial charge in [0.2, 0.25) is 0 Å². The number of rotatable bonds is 2. The van der Waals surface area contributed by atoms with E-state index in [-0.39, 0.29) is 11.7 Å². The van der Waals surface area contributed by atoms with Crippen molar-refractivity contribution in [2.45, 2.75) is 6.92 Å². The van der Waals surface area contributed by atoms with Crippen molar-refractivity contribution in [1.29, 1.82) is 0 Å². The Hall–Kier alpha value is -2.43. The Labute approximate surface area is 104 Å². The van der Waals surface area contributed by atoms with Crippen molar-refractivity contribution < 1.29 is 9.18 Å². The Balaban J connectivity index is 2.19. The van der Waals surface area contributed by atoms with E-state index in [0.717, 1.165) is 0 Å². The molecule has 0 radical (unpaired) electrons. The highest BCUT2D eigenvalue weighted by Gasteiger charge is 2.08. The van der Waals surface area contributed by atoms with Gasteiger partial charge in [0.25, 0.3) is 5.91 Å². The van der Waals surface area contributed by atoms with E-state index < -0.39 is 0 Å². The molecule has 0 aliphatic carbocycles. The minimum Gasteiger partial charge on any atom is -0.384 e. The number of nitrogens with one attached hydrogen (secondary N) is 1. The molecule has 18 heavy (non-hydrogen) atoms. The van der Waals surface area contributed by atoms with E-state index in [1.807, 2.05) is 0 Å². The number of nitrogen functional groups attached to an aromatic ring is 1. The minimum atomic E-state index is -0.350. The molecule has 2 aromatic rings. The lowest BCUT2D eigenvalue weighted by atomic mass is 10.2. The zero-order valence-corrected chi connectivity index (χ0v) is 9.77. The molecule has 1 aromatic carbocycles. The molecule has 0 atom stereocenters. The van der Waals surface area contributed by atoms with Crippen LogP contribution in [0.25, 0.3) is 0 Å². The number of nitrogens with two attached hydrogens (primary N) is 1. The van der Waals surface area contributed by atoms with Gasteiger partial charge in [-0.25, -0.2) is 9.37 Å². The quantitative estimate of drug-likeness (QED) is 0.853. The van der Waals surface area contributed by atoms with Crippen LogP contribution in [-0.4, -0.2) is 10.9 Å². The van der Waals surface area contributed by atoms with Gasteiger partial charge in [0.15, 0.2) is 0 Å². The van der Waals surface area contributed by atoms with Crippen molar-refractivity contribution >= 4 is 17.4 Å². The lowest BCUT2D eigenvalue weighted by Gasteiger charge is -2.06. The summed E-state index contributed by atoms with van der Waals surface area (Å²) in [6.07, 6.45) is 0. The van der Waals surface area contributed by atoms with Gasteiger partial charge < -0.3 is 11.1 Å². The van der Waals surface area contributed by atoms with Crippen LogP contribution in [0, 0.1) is 12.7 Å². The zero-order valence-electron chi connectivity index (χ0n) is 9.77. The summed E-state index contributed by atoms with van der Waals surface area (Å²) in [7, 11) is 0. The van der Waals surface area contributed by atoms with Gasteiger partial charge in [-0.05, 0) is 43.3 Å².